The Balaban J connectivity index is -0.000000107. The number of rotatable bonds is 2. The molecule has 0 aliphatic heterocycles. The molecule has 0 bridgehead atoms. The molecule has 0 rings (SSSR count). The Hall–Kier alpha value is -0.606. The van der Waals surface area contributed by atoms with E-state index >= 15 is 0 Å². The fraction of sp³-hybridized carbons (Fsp3) is 0.333. The largest absolute Gasteiger partial charge is 2.00 e. The number of aliphatic carboxylic acids is 2. The van der Waals surface area contributed by atoms with E-state index in [4.69, 9.17) is 10.2 Å². The topological polar surface area (TPSA) is 74.6 Å². The zero-order chi connectivity index (χ0) is 8.57. The second-order valence-electron chi connectivity index (χ2n) is 1.25. The summed E-state index contributed by atoms with van der Waals surface area (Å²) in [7, 11) is 0. The van der Waals surface area contributed by atoms with Crippen molar-refractivity contribution in [1.82, 2.24) is 0 Å². The molecule has 11 heavy (non-hydrogen) atoms. The van der Waals surface area contributed by atoms with Gasteiger partial charge in [-0.15, -0.1) is 0 Å². The Morgan fingerprint density at radius 1 is 1.00 bits per heavy atom. The smallest absolute Gasteiger partial charge is 0.503 e. The van der Waals surface area contributed by atoms with Crippen molar-refractivity contribution in [2.45, 2.75) is 13.8 Å². The third-order valence-corrected chi connectivity index (χ3v) is 0.494. The molecule has 0 aliphatic rings. The van der Waals surface area contributed by atoms with Crippen LogP contribution < -0.4 is 0 Å². The van der Waals surface area contributed by atoms with E-state index in [9.17, 15) is 9.59 Å². The van der Waals surface area contributed by atoms with Crippen molar-refractivity contribution in [1.29, 1.82) is 0 Å². The van der Waals surface area contributed by atoms with Crippen LogP contribution >= 0.6 is 0 Å². The Kier molecular flexibility index (Phi) is 18.5. The molecular formula is C6H10O4Ti. The van der Waals surface area contributed by atoms with Gasteiger partial charge in [-0.1, -0.05) is 0 Å². The van der Waals surface area contributed by atoms with E-state index in [1.807, 2.05) is 0 Å². The number of carboxylic acid groups (broad SMARTS) is 2. The summed E-state index contributed by atoms with van der Waals surface area (Å²) in [6.07, 6.45) is 2.17. The van der Waals surface area contributed by atoms with E-state index in [2.05, 4.69) is 0 Å². The summed E-state index contributed by atoms with van der Waals surface area (Å²) >= 11 is 0. The van der Waals surface area contributed by atoms with Crippen LogP contribution in [0.4, 0.5) is 0 Å². The maximum Gasteiger partial charge on any atom is 2.00 e. The second kappa shape index (κ2) is 12.1. The molecule has 0 atom stereocenters. The first-order valence-electron chi connectivity index (χ1n) is 2.59. The van der Waals surface area contributed by atoms with Crippen molar-refractivity contribution in [2.75, 3.05) is 0 Å². The standard InChI is InChI=1S/2C3H5O2.Ti/c2*1-2-3(4)5;/h2*2H,1H3,(H,4,5);/q2*-1;+2. The van der Waals surface area contributed by atoms with Crippen LogP contribution in [0.1, 0.15) is 13.8 Å². The number of carboxylic acids is 2. The van der Waals surface area contributed by atoms with Gasteiger partial charge in [0.05, 0.1) is 0 Å². The predicted octanol–water partition coefficient (Wildman–Crippen LogP) is 0.588. The van der Waals surface area contributed by atoms with Crippen LogP contribution in [0, 0.1) is 12.8 Å². The monoisotopic (exact) mass is 194 g/mol. The summed E-state index contributed by atoms with van der Waals surface area (Å²) in [5, 5.41) is 15.3. The molecule has 0 aliphatic carbocycles. The van der Waals surface area contributed by atoms with E-state index in [1.54, 1.807) is 0 Å². The summed E-state index contributed by atoms with van der Waals surface area (Å²) < 4.78 is 0. The van der Waals surface area contributed by atoms with Gasteiger partial charge >= 0.3 is 21.7 Å². The van der Waals surface area contributed by atoms with Gasteiger partial charge in [0.1, 0.15) is 0 Å². The molecule has 4 nitrogen and oxygen atoms in total. The molecule has 0 amide bonds. The first-order chi connectivity index (χ1) is 4.54. The molecule has 0 spiro atoms. The van der Waals surface area contributed by atoms with Crippen molar-refractivity contribution in [3.05, 3.63) is 12.8 Å². The average molecular weight is 194 g/mol. The Bertz CT molecular complexity index is 99.1. The van der Waals surface area contributed by atoms with Gasteiger partial charge in [0.25, 0.3) is 0 Å². The fourth-order valence-corrected chi connectivity index (χ4v) is 0. The van der Waals surface area contributed by atoms with Crippen molar-refractivity contribution >= 4 is 11.9 Å². The first kappa shape index (κ1) is 16.8. The minimum Gasteiger partial charge on any atom is -0.503 e. The van der Waals surface area contributed by atoms with Crippen LogP contribution in [0.15, 0.2) is 0 Å². The molecule has 5 heteroatoms. The van der Waals surface area contributed by atoms with Crippen LogP contribution in [0.3, 0.4) is 0 Å². The predicted molar refractivity (Wildman–Crippen MR) is 35.2 cm³/mol. The molecule has 0 unspecified atom stereocenters. The van der Waals surface area contributed by atoms with Crippen LogP contribution in [-0.2, 0) is 31.3 Å². The van der Waals surface area contributed by atoms with Gasteiger partial charge in [0.2, 0.25) is 0 Å². The van der Waals surface area contributed by atoms with Gasteiger partial charge in [-0.3, -0.25) is 22.4 Å². The van der Waals surface area contributed by atoms with Crippen LogP contribution in [0.5, 0.6) is 0 Å². The minimum atomic E-state index is -0.870. The van der Waals surface area contributed by atoms with E-state index in [-0.39, 0.29) is 21.7 Å². The maximum atomic E-state index is 9.31. The minimum absolute atomic E-state index is 0. The number of hydrogen-bond donors (Lipinski definition) is 2. The zero-order valence-electron chi connectivity index (χ0n) is 6.37. The van der Waals surface area contributed by atoms with Crippen molar-refractivity contribution < 1.29 is 41.5 Å². The summed E-state index contributed by atoms with van der Waals surface area (Å²) in [6.45, 7) is 2.95. The van der Waals surface area contributed by atoms with E-state index < -0.39 is 11.9 Å². The van der Waals surface area contributed by atoms with Crippen LogP contribution in [-0.4, -0.2) is 22.2 Å². The van der Waals surface area contributed by atoms with Gasteiger partial charge in [-0.05, 0) is 0 Å². The van der Waals surface area contributed by atoms with Gasteiger partial charge in [-0.25, -0.2) is 0 Å². The quantitative estimate of drug-likeness (QED) is 0.498. The van der Waals surface area contributed by atoms with E-state index in [0.29, 0.717) is 0 Å². The summed E-state index contributed by atoms with van der Waals surface area (Å²) in [5.41, 5.74) is 0. The first-order valence-corrected chi connectivity index (χ1v) is 2.59. The summed E-state index contributed by atoms with van der Waals surface area (Å²) in [6, 6.07) is 0. The summed E-state index contributed by atoms with van der Waals surface area (Å²) in [4.78, 5) is 18.6. The van der Waals surface area contributed by atoms with Crippen molar-refractivity contribution in [3.8, 4) is 0 Å². The zero-order valence-corrected chi connectivity index (χ0v) is 7.93. The van der Waals surface area contributed by atoms with Crippen LogP contribution in [0.25, 0.3) is 0 Å². The Labute approximate surface area is 80.5 Å². The average Bonchev–Trinajstić information content (AvgIpc) is 1.89. The Morgan fingerprint density at radius 3 is 1.09 bits per heavy atom. The molecule has 0 saturated heterocycles. The van der Waals surface area contributed by atoms with Crippen molar-refractivity contribution in [2.24, 2.45) is 0 Å². The van der Waals surface area contributed by atoms with Gasteiger partial charge in [0, 0.05) is 0 Å². The Morgan fingerprint density at radius 2 is 1.09 bits per heavy atom. The maximum absolute atomic E-state index is 9.31. The molecule has 62 valence electrons. The molecule has 0 radical (unpaired) electrons. The molecule has 0 fully saturated rings. The molecule has 0 heterocycles. The molecule has 0 saturated carbocycles. The third kappa shape index (κ3) is 44.6. The van der Waals surface area contributed by atoms with Crippen LogP contribution in [0.2, 0.25) is 0 Å². The number of carbonyl (C=O) groups is 2. The molecular weight excluding hydrogens is 184 g/mol. The third-order valence-electron chi connectivity index (χ3n) is 0.494. The molecule has 0 aromatic carbocycles. The van der Waals surface area contributed by atoms with Gasteiger partial charge in [-0.2, -0.15) is 13.8 Å². The fourth-order valence-electron chi connectivity index (χ4n) is 0. The molecule has 0 aromatic rings. The summed E-state index contributed by atoms with van der Waals surface area (Å²) in [5.74, 6) is -1.74. The normalized spacial score (nSPS) is 6.00. The molecule has 2 N–H and O–H groups in total. The van der Waals surface area contributed by atoms with E-state index in [0.717, 1.165) is 12.8 Å². The second-order valence-corrected chi connectivity index (χ2v) is 1.25. The van der Waals surface area contributed by atoms with Crippen molar-refractivity contribution in [3.63, 3.8) is 0 Å². The van der Waals surface area contributed by atoms with Gasteiger partial charge in [0.15, 0.2) is 11.9 Å². The molecule has 0 aromatic heterocycles. The SMILES string of the molecule is C[CH-]C(=O)O.C[CH-]C(=O)O.[Ti+2]. The van der Waals surface area contributed by atoms with E-state index in [1.165, 1.54) is 13.8 Å². The number of hydrogen-bond acceptors (Lipinski definition) is 2. The van der Waals surface area contributed by atoms with Gasteiger partial charge < -0.3 is 10.2 Å².